The van der Waals surface area contributed by atoms with Crippen LogP contribution >= 0.6 is 11.6 Å². The molecule has 1 unspecified atom stereocenters. The van der Waals surface area contributed by atoms with Gasteiger partial charge in [0.2, 0.25) is 5.88 Å². The molecule has 11 heteroatoms. The average Bonchev–Trinajstić information content (AvgIpc) is 3.18. The molecule has 9 nitrogen and oxygen atoms in total. The van der Waals surface area contributed by atoms with Gasteiger partial charge in [-0.2, -0.15) is 0 Å². The van der Waals surface area contributed by atoms with Crippen LogP contribution in [0.25, 0.3) is 10.9 Å². The minimum atomic E-state index is -0.970. The minimum absolute atomic E-state index is 0.172. The van der Waals surface area contributed by atoms with E-state index >= 15 is 0 Å². The zero-order valence-corrected chi connectivity index (χ0v) is 22.0. The molecule has 0 spiro atoms. The molecule has 0 bridgehead atoms. The molecule has 1 fully saturated rings. The zero-order chi connectivity index (χ0) is 25.8. The Hall–Kier alpha value is -2.95. The van der Waals surface area contributed by atoms with E-state index in [0.717, 1.165) is 16.5 Å². The molecule has 36 heavy (non-hydrogen) atoms. The van der Waals surface area contributed by atoms with Crippen LogP contribution < -0.4 is 10.1 Å². The number of rotatable bonds is 8. The van der Waals surface area contributed by atoms with Gasteiger partial charge in [-0.1, -0.05) is 11.6 Å². The van der Waals surface area contributed by atoms with E-state index in [1.165, 1.54) is 13.3 Å². The van der Waals surface area contributed by atoms with Gasteiger partial charge in [-0.05, 0) is 36.2 Å². The van der Waals surface area contributed by atoms with Crippen molar-refractivity contribution in [1.82, 2.24) is 19.8 Å². The van der Waals surface area contributed by atoms with Crippen LogP contribution in [0.4, 0.5) is 0 Å². The predicted octanol–water partition coefficient (Wildman–Crippen LogP) is 2.43. The molecule has 1 aromatic carbocycles. The Balaban J connectivity index is 1.57. The van der Waals surface area contributed by atoms with Crippen molar-refractivity contribution in [2.45, 2.75) is 12.5 Å². The van der Waals surface area contributed by atoms with Crippen molar-refractivity contribution in [3.63, 3.8) is 0 Å². The van der Waals surface area contributed by atoms with Crippen LogP contribution in [0.1, 0.15) is 26.3 Å². The van der Waals surface area contributed by atoms with Crippen LogP contribution in [0.2, 0.25) is 5.02 Å². The summed E-state index contributed by atoms with van der Waals surface area (Å²) < 4.78 is 24.1. The lowest BCUT2D eigenvalue weighted by molar-refractivity contribution is -0.00158. The third kappa shape index (κ3) is 5.71. The summed E-state index contributed by atoms with van der Waals surface area (Å²) >= 11 is 6.20. The zero-order valence-electron chi connectivity index (χ0n) is 20.5. The van der Waals surface area contributed by atoms with Gasteiger partial charge in [-0.3, -0.25) is 13.8 Å². The third-order valence-electron chi connectivity index (χ3n) is 6.20. The molecule has 4 rings (SSSR count). The van der Waals surface area contributed by atoms with Crippen molar-refractivity contribution < 1.29 is 23.3 Å². The summed E-state index contributed by atoms with van der Waals surface area (Å²) in [5.41, 5.74) is 2.91. The van der Waals surface area contributed by atoms with E-state index < -0.39 is 10.8 Å². The average molecular weight is 533 g/mol. The number of nitrogens with zero attached hydrogens (tertiary/aromatic N) is 3. The van der Waals surface area contributed by atoms with Gasteiger partial charge >= 0.3 is 0 Å². The number of carbonyl (C=O) groups is 2. The molecule has 0 radical (unpaired) electrons. The van der Waals surface area contributed by atoms with E-state index in [1.54, 1.807) is 23.3 Å². The number of methoxy groups -OCH3 is 1. The molecule has 1 aliphatic heterocycles. The summed E-state index contributed by atoms with van der Waals surface area (Å²) in [6, 6.07) is 6.93. The number of ether oxygens (including phenoxy) is 2. The lowest BCUT2D eigenvalue weighted by atomic mass is 10.0. The predicted molar refractivity (Wildman–Crippen MR) is 139 cm³/mol. The first-order valence-corrected chi connectivity index (χ1v) is 13.6. The van der Waals surface area contributed by atoms with Gasteiger partial charge in [0.25, 0.3) is 11.8 Å². The Kier molecular flexibility index (Phi) is 8.28. The molecule has 3 aromatic rings. The van der Waals surface area contributed by atoms with Gasteiger partial charge in [-0.15, -0.1) is 0 Å². The maximum Gasteiger partial charge on any atom is 0.255 e. The fourth-order valence-corrected chi connectivity index (χ4v) is 5.02. The lowest BCUT2D eigenvalue weighted by Gasteiger charge is -2.35. The van der Waals surface area contributed by atoms with Gasteiger partial charge in [0.1, 0.15) is 5.02 Å². The molecule has 0 saturated carbocycles. The summed E-state index contributed by atoms with van der Waals surface area (Å²) in [5, 5.41) is 4.04. The Morgan fingerprint density at radius 2 is 2.11 bits per heavy atom. The van der Waals surface area contributed by atoms with E-state index in [4.69, 9.17) is 21.1 Å². The third-order valence-corrected chi connectivity index (χ3v) is 7.25. The Bertz CT molecular complexity index is 1310. The maximum absolute atomic E-state index is 13.4. The molecule has 1 N–H and O–H groups in total. The number of fused-ring (bicyclic) bond motifs is 1. The largest absolute Gasteiger partial charge is 0.480 e. The summed E-state index contributed by atoms with van der Waals surface area (Å²) in [6.07, 6.45) is 5.66. The van der Waals surface area contributed by atoms with Crippen molar-refractivity contribution in [3.05, 3.63) is 58.4 Å². The smallest absolute Gasteiger partial charge is 0.255 e. The van der Waals surface area contributed by atoms with E-state index in [0.29, 0.717) is 49.6 Å². The second-order valence-corrected chi connectivity index (χ2v) is 10.6. The molecule has 3 heterocycles. The quantitative estimate of drug-likeness (QED) is 0.478. The Morgan fingerprint density at radius 1 is 1.31 bits per heavy atom. The number of amides is 2. The van der Waals surface area contributed by atoms with Crippen LogP contribution in [0, 0.1) is 0 Å². The number of benzene rings is 1. The number of halogens is 1. The van der Waals surface area contributed by atoms with Gasteiger partial charge in [-0.25, -0.2) is 4.98 Å². The second-order valence-electron chi connectivity index (χ2n) is 8.68. The number of morpholine rings is 1. The highest BCUT2D eigenvalue weighted by molar-refractivity contribution is 7.84. The monoisotopic (exact) mass is 532 g/mol. The highest BCUT2D eigenvalue weighted by atomic mass is 35.5. The number of aryl methyl sites for hydroxylation is 1. The molecule has 1 aliphatic rings. The number of pyridine rings is 1. The molecular weight excluding hydrogens is 504 g/mol. The van der Waals surface area contributed by atoms with Crippen molar-refractivity contribution in [2.75, 3.05) is 45.4 Å². The summed E-state index contributed by atoms with van der Waals surface area (Å²) in [4.78, 5) is 31.9. The molecule has 0 aliphatic carbocycles. The molecule has 1 saturated heterocycles. The number of carbonyl (C=O) groups excluding carboxylic acids is 2. The SMILES string of the molecule is COc1ncc(C(=O)N2CCOC[C@@H]2Cc2cn(C)c3ccc(C(=O)NCCS(C)=O)cc23)cc1Cl. The van der Waals surface area contributed by atoms with E-state index in [9.17, 15) is 13.8 Å². The summed E-state index contributed by atoms with van der Waals surface area (Å²) in [6.45, 7) is 1.64. The number of aromatic nitrogens is 2. The van der Waals surface area contributed by atoms with Crippen molar-refractivity contribution in [1.29, 1.82) is 0 Å². The summed E-state index contributed by atoms with van der Waals surface area (Å²) in [7, 11) is 2.45. The Labute approximate surface area is 217 Å². The molecule has 2 atom stereocenters. The topological polar surface area (TPSA) is 103 Å². The van der Waals surface area contributed by atoms with Gasteiger partial charge in [0, 0.05) is 71.8 Å². The number of hydrogen-bond donors (Lipinski definition) is 1. The van der Waals surface area contributed by atoms with Gasteiger partial charge < -0.3 is 24.3 Å². The fraction of sp³-hybridized carbons (Fsp3) is 0.400. The first-order chi connectivity index (χ1) is 17.3. The standard InChI is InChI=1S/C25H29ClN4O5S/c1-29-14-18(20-11-16(4-5-22(20)29)23(31)27-6-9-36(3)33)10-19-15-35-8-7-30(19)25(32)17-12-21(26)24(34-2)28-13-17/h4-5,11-14,19H,6-10,15H2,1-3H3,(H,27,31)/t19-,36?/m0/s1. The van der Waals surface area contributed by atoms with Crippen LogP contribution in [0.3, 0.4) is 0 Å². The highest BCUT2D eigenvalue weighted by Crippen LogP contribution is 2.27. The van der Waals surface area contributed by atoms with Crippen molar-refractivity contribution in [2.24, 2.45) is 7.05 Å². The normalized spacial score (nSPS) is 16.7. The number of nitrogens with one attached hydrogen (secondary N) is 1. The first-order valence-electron chi connectivity index (χ1n) is 11.5. The first kappa shape index (κ1) is 26.1. The van der Waals surface area contributed by atoms with Gasteiger partial charge in [0.15, 0.2) is 0 Å². The fourth-order valence-electron chi connectivity index (χ4n) is 4.39. The second kappa shape index (κ2) is 11.4. The lowest BCUT2D eigenvalue weighted by Crippen LogP contribution is -2.49. The van der Waals surface area contributed by atoms with Gasteiger partial charge in [0.05, 0.1) is 31.9 Å². The molecule has 2 aromatic heterocycles. The van der Waals surface area contributed by atoms with E-state index in [-0.39, 0.29) is 28.8 Å². The minimum Gasteiger partial charge on any atom is -0.480 e. The molecule has 2 amide bonds. The molecule has 192 valence electrons. The van der Waals surface area contributed by atoms with Crippen molar-refractivity contribution >= 4 is 45.1 Å². The van der Waals surface area contributed by atoms with Crippen molar-refractivity contribution in [3.8, 4) is 5.88 Å². The van der Waals surface area contributed by atoms with Crippen LogP contribution in [-0.4, -0.2) is 81.9 Å². The van der Waals surface area contributed by atoms with E-state index in [1.807, 2.05) is 29.9 Å². The number of hydrogen-bond acceptors (Lipinski definition) is 6. The summed E-state index contributed by atoms with van der Waals surface area (Å²) in [5.74, 6) is 0.295. The highest BCUT2D eigenvalue weighted by Gasteiger charge is 2.30. The Morgan fingerprint density at radius 3 is 2.83 bits per heavy atom. The van der Waals surface area contributed by atoms with Crippen LogP contribution in [0.15, 0.2) is 36.7 Å². The van der Waals surface area contributed by atoms with E-state index in [2.05, 4.69) is 10.3 Å². The molecular formula is C25H29ClN4O5S. The van der Waals surface area contributed by atoms with Crippen LogP contribution in [0.5, 0.6) is 5.88 Å². The maximum atomic E-state index is 13.4. The van der Waals surface area contributed by atoms with Crippen LogP contribution in [-0.2, 0) is 29.0 Å².